The predicted molar refractivity (Wildman–Crippen MR) is 114 cm³/mol. The fourth-order valence-corrected chi connectivity index (χ4v) is 3.61. The molecule has 3 aromatic rings. The van der Waals surface area contributed by atoms with Crippen molar-refractivity contribution in [2.45, 2.75) is 26.8 Å². The van der Waals surface area contributed by atoms with E-state index in [2.05, 4.69) is 10.3 Å². The molecule has 4 rings (SSSR count). The number of oxazole rings is 1. The first-order valence-corrected chi connectivity index (χ1v) is 9.88. The van der Waals surface area contributed by atoms with Gasteiger partial charge in [-0.1, -0.05) is 6.07 Å². The van der Waals surface area contributed by atoms with E-state index < -0.39 is 0 Å². The van der Waals surface area contributed by atoms with Crippen LogP contribution in [0.5, 0.6) is 11.5 Å². The smallest absolute Gasteiger partial charge is 0.322 e. The molecule has 1 aliphatic rings. The number of fused-ring (bicyclic) bond motifs is 1. The molecular formula is C23H25N3O4. The average Bonchev–Trinajstić information content (AvgIpc) is 3.10. The summed E-state index contributed by atoms with van der Waals surface area (Å²) in [6.45, 7) is 6.75. The van der Waals surface area contributed by atoms with Crippen LogP contribution in [0.4, 0.5) is 10.5 Å². The first kappa shape index (κ1) is 19.8. The van der Waals surface area contributed by atoms with Crippen LogP contribution in [0.1, 0.15) is 29.8 Å². The highest BCUT2D eigenvalue weighted by molar-refractivity contribution is 5.90. The van der Waals surface area contributed by atoms with E-state index in [9.17, 15) is 4.79 Å². The molecule has 2 aromatic carbocycles. The summed E-state index contributed by atoms with van der Waals surface area (Å²) < 4.78 is 16.7. The number of benzene rings is 2. The number of urea groups is 1. The van der Waals surface area contributed by atoms with Gasteiger partial charge in [-0.05, 0) is 56.7 Å². The molecule has 1 aromatic heterocycles. The number of amides is 2. The Kier molecular flexibility index (Phi) is 5.35. The van der Waals surface area contributed by atoms with Crippen LogP contribution in [0.2, 0.25) is 0 Å². The molecule has 7 nitrogen and oxygen atoms in total. The van der Waals surface area contributed by atoms with Crippen LogP contribution >= 0.6 is 0 Å². The lowest BCUT2D eigenvalue weighted by Gasteiger charge is -2.27. The molecule has 7 heteroatoms. The van der Waals surface area contributed by atoms with Gasteiger partial charge in [0.25, 0.3) is 0 Å². The Hall–Kier alpha value is -3.48. The number of hydrogen-bond acceptors (Lipinski definition) is 5. The highest BCUT2D eigenvalue weighted by Crippen LogP contribution is 2.35. The Morgan fingerprint density at radius 2 is 2.07 bits per heavy atom. The summed E-state index contributed by atoms with van der Waals surface area (Å²) in [6.07, 6.45) is 1.62. The molecule has 30 heavy (non-hydrogen) atoms. The van der Waals surface area contributed by atoms with Crippen LogP contribution < -0.4 is 14.8 Å². The van der Waals surface area contributed by atoms with E-state index in [-0.39, 0.29) is 12.1 Å². The number of ether oxygens (including phenoxy) is 2. The predicted octanol–water partition coefficient (Wildman–Crippen LogP) is 4.95. The van der Waals surface area contributed by atoms with Gasteiger partial charge in [-0.3, -0.25) is 0 Å². The van der Waals surface area contributed by atoms with E-state index in [0.717, 1.165) is 33.9 Å². The SMILES string of the molecule is COc1ccc2c(c1)C(C)N(C(=O)Nc1ccc(C)c(-c3nc(C)co3)c1)CCO2. The summed E-state index contributed by atoms with van der Waals surface area (Å²) in [5, 5.41) is 3.00. The second kappa shape index (κ2) is 8.10. The molecule has 0 bridgehead atoms. The van der Waals surface area contributed by atoms with Gasteiger partial charge in [0.05, 0.1) is 25.4 Å². The summed E-state index contributed by atoms with van der Waals surface area (Å²) in [5.41, 5.74) is 4.28. The van der Waals surface area contributed by atoms with Gasteiger partial charge in [0.1, 0.15) is 24.4 Å². The number of anilines is 1. The van der Waals surface area contributed by atoms with E-state index >= 15 is 0 Å². The van der Waals surface area contributed by atoms with Gasteiger partial charge in [-0.25, -0.2) is 9.78 Å². The molecule has 1 aliphatic heterocycles. The Morgan fingerprint density at radius 1 is 1.23 bits per heavy atom. The second-order valence-corrected chi connectivity index (χ2v) is 7.38. The van der Waals surface area contributed by atoms with Crippen molar-refractivity contribution in [3.8, 4) is 23.0 Å². The largest absolute Gasteiger partial charge is 0.497 e. The Bertz CT molecular complexity index is 1080. The standard InChI is InChI=1S/C23H25N3O4/c1-14-5-6-17(11-19(14)22-24-15(2)13-30-22)25-23(27)26-9-10-29-21-8-7-18(28-4)12-20(21)16(26)3/h5-8,11-13,16H,9-10H2,1-4H3,(H,25,27). The molecule has 2 heterocycles. The summed E-state index contributed by atoms with van der Waals surface area (Å²) >= 11 is 0. The van der Waals surface area contributed by atoms with Gasteiger partial charge in [0.2, 0.25) is 5.89 Å². The monoisotopic (exact) mass is 407 g/mol. The fourth-order valence-electron chi connectivity index (χ4n) is 3.61. The molecule has 0 aliphatic carbocycles. The van der Waals surface area contributed by atoms with Crippen molar-refractivity contribution in [3.05, 3.63) is 59.5 Å². The number of aromatic nitrogens is 1. The molecule has 1 atom stereocenters. The minimum absolute atomic E-state index is 0.170. The van der Waals surface area contributed by atoms with Crippen LogP contribution in [0, 0.1) is 13.8 Å². The highest BCUT2D eigenvalue weighted by atomic mass is 16.5. The van der Waals surface area contributed by atoms with Crippen molar-refractivity contribution in [1.82, 2.24) is 9.88 Å². The number of hydrogen-bond donors (Lipinski definition) is 1. The molecule has 1 N–H and O–H groups in total. The van der Waals surface area contributed by atoms with Gasteiger partial charge >= 0.3 is 6.03 Å². The molecule has 0 saturated carbocycles. The topological polar surface area (TPSA) is 76.8 Å². The van der Waals surface area contributed by atoms with E-state index in [1.54, 1.807) is 18.3 Å². The van der Waals surface area contributed by atoms with Crippen LogP contribution in [0.25, 0.3) is 11.5 Å². The normalized spacial score (nSPS) is 15.7. The Morgan fingerprint density at radius 3 is 2.80 bits per heavy atom. The maximum Gasteiger partial charge on any atom is 0.322 e. The molecule has 2 amide bonds. The molecule has 0 fully saturated rings. The second-order valence-electron chi connectivity index (χ2n) is 7.38. The number of nitrogens with one attached hydrogen (secondary N) is 1. The molecule has 1 unspecified atom stereocenters. The molecule has 0 spiro atoms. The van der Waals surface area contributed by atoms with Crippen molar-refractivity contribution in [1.29, 1.82) is 0 Å². The lowest BCUT2D eigenvalue weighted by atomic mass is 10.1. The first-order valence-electron chi connectivity index (χ1n) is 9.88. The number of carbonyl (C=O) groups excluding carboxylic acids is 1. The molecular weight excluding hydrogens is 382 g/mol. The van der Waals surface area contributed by atoms with Crippen molar-refractivity contribution < 1.29 is 18.7 Å². The third-order valence-corrected chi connectivity index (χ3v) is 5.32. The lowest BCUT2D eigenvalue weighted by Crippen LogP contribution is -2.38. The zero-order valence-electron chi connectivity index (χ0n) is 17.6. The van der Waals surface area contributed by atoms with Gasteiger partial charge in [-0.2, -0.15) is 0 Å². The average molecular weight is 407 g/mol. The molecule has 156 valence electrons. The number of nitrogens with zero attached hydrogens (tertiary/aromatic N) is 2. The van der Waals surface area contributed by atoms with E-state index in [1.807, 2.05) is 57.2 Å². The van der Waals surface area contributed by atoms with Crippen LogP contribution in [0.15, 0.2) is 47.1 Å². The number of methoxy groups -OCH3 is 1. The third kappa shape index (κ3) is 3.83. The minimum Gasteiger partial charge on any atom is -0.497 e. The summed E-state index contributed by atoms with van der Waals surface area (Å²) in [5.74, 6) is 2.05. The van der Waals surface area contributed by atoms with Crippen LogP contribution in [-0.2, 0) is 0 Å². The van der Waals surface area contributed by atoms with Crippen molar-refractivity contribution >= 4 is 11.7 Å². The van der Waals surface area contributed by atoms with E-state index in [1.165, 1.54) is 0 Å². The van der Waals surface area contributed by atoms with E-state index in [0.29, 0.717) is 24.7 Å². The fraction of sp³-hybridized carbons (Fsp3) is 0.304. The third-order valence-electron chi connectivity index (χ3n) is 5.32. The lowest BCUT2D eigenvalue weighted by molar-refractivity contribution is 0.185. The van der Waals surface area contributed by atoms with Crippen LogP contribution in [0.3, 0.4) is 0 Å². The van der Waals surface area contributed by atoms with Crippen LogP contribution in [-0.4, -0.2) is 36.2 Å². The molecule has 0 saturated heterocycles. The number of aryl methyl sites for hydroxylation is 2. The summed E-state index contributed by atoms with van der Waals surface area (Å²) in [7, 11) is 1.62. The first-order chi connectivity index (χ1) is 14.5. The van der Waals surface area contributed by atoms with Crippen molar-refractivity contribution in [2.24, 2.45) is 0 Å². The van der Waals surface area contributed by atoms with Gasteiger partial charge in [-0.15, -0.1) is 0 Å². The summed E-state index contributed by atoms with van der Waals surface area (Å²) in [4.78, 5) is 19.3. The Balaban J connectivity index is 1.57. The van der Waals surface area contributed by atoms with Gasteiger partial charge in [0, 0.05) is 16.8 Å². The summed E-state index contributed by atoms with van der Waals surface area (Å²) in [6, 6.07) is 11.0. The number of rotatable bonds is 3. The highest BCUT2D eigenvalue weighted by Gasteiger charge is 2.27. The van der Waals surface area contributed by atoms with Gasteiger partial charge < -0.3 is 24.1 Å². The number of carbonyl (C=O) groups is 1. The van der Waals surface area contributed by atoms with Gasteiger partial charge in [0.15, 0.2) is 0 Å². The van der Waals surface area contributed by atoms with E-state index in [4.69, 9.17) is 13.9 Å². The maximum atomic E-state index is 13.1. The zero-order chi connectivity index (χ0) is 21.3. The Labute approximate surface area is 175 Å². The minimum atomic E-state index is -0.194. The quantitative estimate of drug-likeness (QED) is 0.664. The maximum absolute atomic E-state index is 13.1. The zero-order valence-corrected chi connectivity index (χ0v) is 17.6. The molecule has 0 radical (unpaired) electrons. The van der Waals surface area contributed by atoms with Crippen molar-refractivity contribution in [3.63, 3.8) is 0 Å². The van der Waals surface area contributed by atoms with Crippen molar-refractivity contribution in [2.75, 3.05) is 25.6 Å².